The number of amides is 1. The molecule has 4 rings (SSSR count). The molecule has 7 heteroatoms. The highest BCUT2D eigenvalue weighted by Gasteiger charge is 2.14. The Labute approximate surface area is 181 Å². The van der Waals surface area contributed by atoms with E-state index in [9.17, 15) is 4.79 Å². The molecule has 0 unspecified atom stereocenters. The van der Waals surface area contributed by atoms with Crippen molar-refractivity contribution in [3.05, 3.63) is 78.2 Å². The van der Waals surface area contributed by atoms with Crippen LogP contribution in [0.25, 0.3) is 16.8 Å². The first-order valence-electron chi connectivity index (χ1n) is 10.2. The minimum absolute atomic E-state index is 0.263. The zero-order valence-corrected chi connectivity index (χ0v) is 18.0. The number of fused-ring (bicyclic) bond motifs is 1. The fraction of sp³-hybridized carbons (Fsp3) is 0.208. The quantitative estimate of drug-likeness (QED) is 0.479. The van der Waals surface area contributed by atoms with Crippen LogP contribution >= 0.6 is 0 Å². The van der Waals surface area contributed by atoms with Gasteiger partial charge in [-0.3, -0.25) is 4.79 Å². The van der Waals surface area contributed by atoms with Crippen LogP contribution in [0.15, 0.2) is 67.0 Å². The van der Waals surface area contributed by atoms with Crippen LogP contribution < -0.4 is 10.6 Å². The number of carbonyl (C=O) groups is 1. The van der Waals surface area contributed by atoms with Gasteiger partial charge in [0.2, 0.25) is 0 Å². The Bertz CT molecular complexity index is 1210. The van der Waals surface area contributed by atoms with Gasteiger partial charge in [0, 0.05) is 24.8 Å². The van der Waals surface area contributed by atoms with Gasteiger partial charge >= 0.3 is 0 Å². The maximum atomic E-state index is 13.0. The van der Waals surface area contributed by atoms with Gasteiger partial charge in [0.15, 0.2) is 5.65 Å². The molecule has 2 aromatic carbocycles. The maximum Gasteiger partial charge on any atom is 0.274 e. The molecule has 0 saturated heterocycles. The molecule has 0 aliphatic carbocycles. The fourth-order valence-corrected chi connectivity index (χ4v) is 3.36. The van der Waals surface area contributed by atoms with Crippen molar-refractivity contribution in [1.82, 2.24) is 19.5 Å². The van der Waals surface area contributed by atoms with E-state index >= 15 is 0 Å². The monoisotopic (exact) mass is 414 g/mol. The van der Waals surface area contributed by atoms with Gasteiger partial charge in [-0.2, -0.15) is 5.10 Å². The van der Waals surface area contributed by atoms with Crippen LogP contribution in [0.5, 0.6) is 0 Å². The van der Waals surface area contributed by atoms with Gasteiger partial charge < -0.3 is 15.5 Å². The zero-order chi connectivity index (χ0) is 21.8. The van der Waals surface area contributed by atoms with Gasteiger partial charge in [0.05, 0.1) is 17.6 Å². The summed E-state index contributed by atoms with van der Waals surface area (Å²) in [7, 11) is 4.05. The Morgan fingerprint density at radius 2 is 1.87 bits per heavy atom. The van der Waals surface area contributed by atoms with Gasteiger partial charge in [0.1, 0.15) is 5.69 Å². The lowest BCUT2D eigenvalue weighted by atomic mass is 10.1. The third-order valence-electron chi connectivity index (χ3n) is 4.98. The van der Waals surface area contributed by atoms with E-state index in [1.165, 1.54) is 0 Å². The van der Waals surface area contributed by atoms with Crippen molar-refractivity contribution >= 4 is 22.9 Å². The van der Waals surface area contributed by atoms with Crippen LogP contribution in [-0.2, 0) is 0 Å². The first kappa shape index (κ1) is 20.6. The van der Waals surface area contributed by atoms with Gasteiger partial charge in [-0.1, -0.05) is 42.0 Å². The van der Waals surface area contributed by atoms with E-state index in [0.29, 0.717) is 11.3 Å². The molecular formula is C24H26N6O. The van der Waals surface area contributed by atoms with Crippen molar-refractivity contribution in [2.75, 3.05) is 37.8 Å². The van der Waals surface area contributed by atoms with Crippen LogP contribution in [0, 0.1) is 6.92 Å². The van der Waals surface area contributed by atoms with E-state index in [2.05, 4.69) is 31.7 Å². The predicted molar refractivity (Wildman–Crippen MR) is 125 cm³/mol. The lowest BCUT2D eigenvalue weighted by Gasteiger charge is -2.15. The minimum atomic E-state index is -0.263. The molecule has 0 saturated carbocycles. The van der Waals surface area contributed by atoms with Gasteiger partial charge in [-0.25, -0.2) is 9.50 Å². The van der Waals surface area contributed by atoms with E-state index in [1.807, 2.05) is 63.5 Å². The first-order valence-corrected chi connectivity index (χ1v) is 10.2. The average molecular weight is 415 g/mol. The van der Waals surface area contributed by atoms with Crippen molar-refractivity contribution in [2.45, 2.75) is 6.92 Å². The molecule has 2 heterocycles. The van der Waals surface area contributed by atoms with Crippen molar-refractivity contribution in [3.8, 4) is 11.1 Å². The third kappa shape index (κ3) is 4.73. The molecule has 7 nitrogen and oxygen atoms in total. The number of hydrogen-bond donors (Lipinski definition) is 2. The molecule has 0 bridgehead atoms. The summed E-state index contributed by atoms with van der Waals surface area (Å²) in [5.74, 6) is -0.263. The second kappa shape index (κ2) is 8.97. The molecule has 0 aliphatic heterocycles. The summed E-state index contributed by atoms with van der Waals surface area (Å²) in [5, 5.41) is 10.7. The number of nitrogens with zero attached hydrogens (tertiary/aromatic N) is 4. The molecule has 0 atom stereocenters. The smallest absolute Gasteiger partial charge is 0.274 e. The Kier molecular flexibility index (Phi) is 5.95. The van der Waals surface area contributed by atoms with Crippen molar-refractivity contribution in [1.29, 1.82) is 0 Å². The molecule has 0 radical (unpaired) electrons. The summed E-state index contributed by atoms with van der Waals surface area (Å²) >= 11 is 0. The third-order valence-corrected chi connectivity index (χ3v) is 4.98. The number of aromatic nitrogens is 3. The highest BCUT2D eigenvalue weighted by atomic mass is 16.1. The van der Waals surface area contributed by atoms with E-state index in [-0.39, 0.29) is 5.91 Å². The summed E-state index contributed by atoms with van der Waals surface area (Å²) in [4.78, 5) is 19.7. The summed E-state index contributed by atoms with van der Waals surface area (Å²) in [5.41, 5.74) is 5.66. The summed E-state index contributed by atoms with van der Waals surface area (Å²) < 4.78 is 1.69. The van der Waals surface area contributed by atoms with E-state index in [0.717, 1.165) is 41.2 Å². The molecule has 158 valence electrons. The number of benzene rings is 2. The van der Waals surface area contributed by atoms with Crippen LogP contribution in [0.4, 0.5) is 11.4 Å². The van der Waals surface area contributed by atoms with Crippen LogP contribution in [-0.4, -0.2) is 52.6 Å². The molecular weight excluding hydrogens is 388 g/mol. The number of hydrogen-bond acceptors (Lipinski definition) is 5. The van der Waals surface area contributed by atoms with Crippen LogP contribution in [0.1, 0.15) is 16.1 Å². The zero-order valence-electron chi connectivity index (χ0n) is 18.0. The topological polar surface area (TPSA) is 74.6 Å². The standard InChI is InChI=1S/C24H26N6O/c1-17-7-6-8-18(15-17)19-16-26-30-13-11-22(27-23(19)30)24(31)28-21-10-5-4-9-20(21)25-12-14-29(2)3/h4-11,13,15-16,25H,12,14H2,1-3H3,(H,28,31). The SMILES string of the molecule is Cc1cccc(-c2cnn3ccc(C(=O)Nc4ccccc4NCCN(C)C)nc23)c1. The molecule has 0 fully saturated rings. The van der Waals surface area contributed by atoms with Crippen molar-refractivity contribution in [3.63, 3.8) is 0 Å². The summed E-state index contributed by atoms with van der Waals surface area (Å²) in [6, 6.07) is 17.5. The number of rotatable bonds is 7. The second-order valence-corrected chi connectivity index (χ2v) is 7.74. The van der Waals surface area contributed by atoms with Crippen LogP contribution in [0.2, 0.25) is 0 Å². The Morgan fingerprint density at radius 1 is 1.06 bits per heavy atom. The summed E-state index contributed by atoms with van der Waals surface area (Å²) in [6.45, 7) is 3.72. The molecule has 0 aliphatic rings. The second-order valence-electron chi connectivity index (χ2n) is 7.74. The summed E-state index contributed by atoms with van der Waals surface area (Å²) in [6.07, 6.45) is 3.54. The van der Waals surface area contributed by atoms with Crippen molar-refractivity contribution < 1.29 is 4.79 Å². The lowest BCUT2D eigenvalue weighted by Crippen LogP contribution is -2.21. The maximum absolute atomic E-state index is 13.0. The molecule has 31 heavy (non-hydrogen) atoms. The Balaban J connectivity index is 1.58. The molecule has 4 aromatic rings. The van der Waals surface area contributed by atoms with Gasteiger partial charge in [-0.15, -0.1) is 0 Å². The largest absolute Gasteiger partial charge is 0.382 e. The van der Waals surface area contributed by atoms with E-state index < -0.39 is 0 Å². The number of anilines is 2. The number of likely N-dealkylation sites (N-methyl/N-ethyl adjacent to an activating group) is 1. The van der Waals surface area contributed by atoms with E-state index in [1.54, 1.807) is 23.0 Å². The molecule has 0 spiro atoms. The molecule has 2 aromatic heterocycles. The van der Waals surface area contributed by atoms with Gasteiger partial charge in [-0.05, 0) is 44.8 Å². The lowest BCUT2D eigenvalue weighted by molar-refractivity contribution is 0.102. The highest BCUT2D eigenvalue weighted by Crippen LogP contribution is 2.25. The first-order chi connectivity index (χ1) is 15.0. The number of nitrogens with one attached hydrogen (secondary N) is 2. The Morgan fingerprint density at radius 3 is 2.65 bits per heavy atom. The average Bonchev–Trinajstić information content (AvgIpc) is 3.18. The van der Waals surface area contributed by atoms with E-state index in [4.69, 9.17) is 0 Å². The molecule has 2 N–H and O–H groups in total. The molecule has 1 amide bonds. The van der Waals surface area contributed by atoms with Crippen molar-refractivity contribution in [2.24, 2.45) is 0 Å². The number of carbonyl (C=O) groups excluding carboxylic acids is 1. The predicted octanol–water partition coefficient (Wildman–Crippen LogP) is 3.93. The highest BCUT2D eigenvalue weighted by molar-refractivity contribution is 6.05. The van der Waals surface area contributed by atoms with Crippen LogP contribution in [0.3, 0.4) is 0 Å². The fourth-order valence-electron chi connectivity index (χ4n) is 3.36. The van der Waals surface area contributed by atoms with Gasteiger partial charge in [0.25, 0.3) is 5.91 Å². The minimum Gasteiger partial charge on any atom is -0.382 e. The number of para-hydroxylation sites is 2. The number of aryl methyl sites for hydroxylation is 1. The Hall–Kier alpha value is -3.71. The normalized spacial score (nSPS) is 11.1.